The number of hydrogen-bond acceptors (Lipinski definition) is 2. The second kappa shape index (κ2) is 8.25. The van der Waals surface area contributed by atoms with E-state index in [1.807, 2.05) is 12.3 Å². The van der Waals surface area contributed by atoms with E-state index in [0.29, 0.717) is 0 Å². The van der Waals surface area contributed by atoms with Gasteiger partial charge in [0.1, 0.15) is 0 Å². The van der Waals surface area contributed by atoms with E-state index in [9.17, 15) is 0 Å². The van der Waals surface area contributed by atoms with Gasteiger partial charge in [-0.05, 0) is 30.4 Å². The molecule has 0 aromatic carbocycles. The van der Waals surface area contributed by atoms with E-state index in [1.165, 1.54) is 31.2 Å². The molecule has 0 bridgehead atoms. The smallest absolute Gasteiger partial charge is 0.0602 e. The first-order valence-electron chi connectivity index (χ1n) is 7.42. The summed E-state index contributed by atoms with van der Waals surface area (Å²) in [4.78, 5) is 4.49. The van der Waals surface area contributed by atoms with E-state index in [2.05, 4.69) is 31.8 Å². The Labute approximate surface area is 112 Å². The van der Waals surface area contributed by atoms with Gasteiger partial charge < -0.3 is 5.73 Å². The fourth-order valence-corrected chi connectivity index (χ4v) is 2.54. The molecule has 1 aromatic heterocycles. The van der Waals surface area contributed by atoms with Crippen molar-refractivity contribution in [2.24, 2.45) is 11.7 Å². The molecule has 2 N–H and O–H groups in total. The molecule has 1 aromatic rings. The van der Waals surface area contributed by atoms with E-state index < -0.39 is 0 Å². The van der Waals surface area contributed by atoms with Gasteiger partial charge in [0.15, 0.2) is 0 Å². The molecule has 0 amide bonds. The molecule has 0 saturated carbocycles. The Morgan fingerprint density at radius 3 is 2.67 bits per heavy atom. The molecule has 2 unspecified atom stereocenters. The highest BCUT2D eigenvalue weighted by molar-refractivity contribution is 5.22. The normalized spacial score (nSPS) is 14.4. The van der Waals surface area contributed by atoms with Crippen molar-refractivity contribution in [2.75, 3.05) is 0 Å². The van der Waals surface area contributed by atoms with Crippen molar-refractivity contribution in [3.05, 3.63) is 29.6 Å². The van der Waals surface area contributed by atoms with Crippen LogP contribution < -0.4 is 5.73 Å². The molecular formula is C16H28N2. The number of nitrogens with zero attached hydrogens (tertiary/aromatic N) is 1. The van der Waals surface area contributed by atoms with E-state index in [1.54, 1.807) is 0 Å². The highest BCUT2D eigenvalue weighted by atomic mass is 14.8. The van der Waals surface area contributed by atoms with Crippen LogP contribution in [0.1, 0.15) is 70.2 Å². The summed E-state index contributed by atoms with van der Waals surface area (Å²) in [5.74, 6) is 0.742. The molecule has 0 radical (unpaired) electrons. The number of aromatic nitrogens is 1. The van der Waals surface area contributed by atoms with Crippen molar-refractivity contribution in [1.29, 1.82) is 0 Å². The van der Waals surface area contributed by atoms with Gasteiger partial charge in [-0.3, -0.25) is 4.98 Å². The van der Waals surface area contributed by atoms with Crippen molar-refractivity contribution in [3.8, 4) is 0 Å². The predicted octanol–water partition coefficient (Wildman–Crippen LogP) is 4.25. The summed E-state index contributed by atoms with van der Waals surface area (Å²) in [6, 6.07) is 4.25. The first-order chi connectivity index (χ1) is 8.72. The van der Waals surface area contributed by atoms with Crippen LogP contribution in [0, 0.1) is 5.92 Å². The number of aryl methyl sites for hydroxylation is 1. The molecule has 1 heterocycles. The third kappa shape index (κ3) is 4.41. The Hall–Kier alpha value is -0.890. The van der Waals surface area contributed by atoms with Crippen LogP contribution in [0.15, 0.2) is 18.3 Å². The first-order valence-corrected chi connectivity index (χ1v) is 7.42. The van der Waals surface area contributed by atoms with Gasteiger partial charge in [-0.2, -0.15) is 0 Å². The fourth-order valence-electron chi connectivity index (χ4n) is 2.54. The standard InChI is InChI=1S/C16H28N2/c1-4-7-9-13(5-2)12-15(17)16-14(6-3)10-8-11-18-16/h8,10-11,13,15H,4-7,9,12,17H2,1-3H3. The molecule has 0 saturated heterocycles. The molecule has 0 aliphatic rings. The monoisotopic (exact) mass is 248 g/mol. The van der Waals surface area contributed by atoms with Crippen molar-refractivity contribution in [2.45, 2.75) is 65.3 Å². The van der Waals surface area contributed by atoms with Crippen molar-refractivity contribution >= 4 is 0 Å². The number of nitrogens with two attached hydrogens (primary N) is 1. The predicted molar refractivity (Wildman–Crippen MR) is 78.5 cm³/mol. The molecule has 0 spiro atoms. The van der Waals surface area contributed by atoms with Gasteiger partial charge in [0.25, 0.3) is 0 Å². The number of pyridine rings is 1. The molecule has 2 heteroatoms. The summed E-state index contributed by atoms with van der Waals surface area (Å²) < 4.78 is 0. The highest BCUT2D eigenvalue weighted by Gasteiger charge is 2.16. The molecule has 0 fully saturated rings. The van der Waals surface area contributed by atoms with Crippen LogP contribution in [-0.4, -0.2) is 4.98 Å². The van der Waals surface area contributed by atoms with Crippen LogP contribution in [0.2, 0.25) is 0 Å². The third-order valence-electron chi connectivity index (χ3n) is 3.79. The number of rotatable bonds is 8. The topological polar surface area (TPSA) is 38.9 Å². The molecule has 102 valence electrons. The second-order valence-corrected chi connectivity index (χ2v) is 5.16. The van der Waals surface area contributed by atoms with Crippen molar-refractivity contribution in [1.82, 2.24) is 4.98 Å². The lowest BCUT2D eigenvalue weighted by Crippen LogP contribution is -2.18. The summed E-state index contributed by atoms with van der Waals surface area (Å²) in [5.41, 5.74) is 8.76. The summed E-state index contributed by atoms with van der Waals surface area (Å²) in [7, 11) is 0. The molecule has 2 nitrogen and oxygen atoms in total. The fraction of sp³-hybridized carbons (Fsp3) is 0.688. The van der Waals surface area contributed by atoms with Gasteiger partial charge in [0.2, 0.25) is 0 Å². The minimum absolute atomic E-state index is 0.1000. The Bertz CT molecular complexity index is 336. The lowest BCUT2D eigenvalue weighted by Gasteiger charge is -2.20. The van der Waals surface area contributed by atoms with Crippen LogP contribution >= 0.6 is 0 Å². The maximum Gasteiger partial charge on any atom is 0.0602 e. The minimum atomic E-state index is 0.1000. The molecule has 18 heavy (non-hydrogen) atoms. The highest BCUT2D eigenvalue weighted by Crippen LogP contribution is 2.25. The van der Waals surface area contributed by atoms with Crippen LogP contribution in [0.25, 0.3) is 0 Å². The van der Waals surface area contributed by atoms with Crippen LogP contribution in [0.3, 0.4) is 0 Å². The van der Waals surface area contributed by atoms with Crippen LogP contribution in [-0.2, 0) is 6.42 Å². The van der Waals surface area contributed by atoms with Crippen molar-refractivity contribution < 1.29 is 0 Å². The molecule has 0 aliphatic carbocycles. The van der Waals surface area contributed by atoms with Crippen LogP contribution in [0.4, 0.5) is 0 Å². The van der Waals surface area contributed by atoms with Gasteiger partial charge in [-0.15, -0.1) is 0 Å². The van der Waals surface area contributed by atoms with E-state index in [0.717, 1.165) is 24.5 Å². The number of hydrogen-bond donors (Lipinski definition) is 1. The Morgan fingerprint density at radius 1 is 1.28 bits per heavy atom. The van der Waals surface area contributed by atoms with Gasteiger partial charge in [0.05, 0.1) is 5.69 Å². The average molecular weight is 248 g/mol. The van der Waals surface area contributed by atoms with Crippen molar-refractivity contribution in [3.63, 3.8) is 0 Å². The Morgan fingerprint density at radius 2 is 2.06 bits per heavy atom. The second-order valence-electron chi connectivity index (χ2n) is 5.16. The van der Waals surface area contributed by atoms with Gasteiger partial charge >= 0.3 is 0 Å². The van der Waals surface area contributed by atoms with Gasteiger partial charge in [-0.1, -0.05) is 52.5 Å². The zero-order chi connectivity index (χ0) is 13.4. The maximum absolute atomic E-state index is 6.36. The zero-order valence-electron chi connectivity index (χ0n) is 12.2. The molecular weight excluding hydrogens is 220 g/mol. The lowest BCUT2D eigenvalue weighted by molar-refractivity contribution is 0.384. The summed E-state index contributed by atoms with van der Waals surface area (Å²) in [6.45, 7) is 6.69. The van der Waals surface area contributed by atoms with Gasteiger partial charge in [-0.25, -0.2) is 0 Å². The average Bonchev–Trinajstić information content (AvgIpc) is 2.43. The summed E-state index contributed by atoms with van der Waals surface area (Å²) in [6.07, 6.45) is 9.06. The maximum atomic E-state index is 6.36. The molecule has 0 aliphatic heterocycles. The largest absolute Gasteiger partial charge is 0.323 e. The lowest BCUT2D eigenvalue weighted by atomic mass is 9.90. The zero-order valence-corrected chi connectivity index (χ0v) is 12.2. The van der Waals surface area contributed by atoms with E-state index >= 15 is 0 Å². The SMILES string of the molecule is CCCCC(CC)CC(N)c1ncccc1CC. The summed E-state index contributed by atoms with van der Waals surface area (Å²) >= 11 is 0. The minimum Gasteiger partial charge on any atom is -0.323 e. The Kier molecular flexibility index (Phi) is 6.96. The Balaban J connectivity index is 2.65. The third-order valence-corrected chi connectivity index (χ3v) is 3.79. The van der Waals surface area contributed by atoms with E-state index in [-0.39, 0.29) is 6.04 Å². The van der Waals surface area contributed by atoms with Gasteiger partial charge in [0, 0.05) is 12.2 Å². The van der Waals surface area contributed by atoms with E-state index in [4.69, 9.17) is 5.73 Å². The first kappa shape index (κ1) is 15.2. The molecule has 2 atom stereocenters. The molecule has 1 rings (SSSR count). The summed E-state index contributed by atoms with van der Waals surface area (Å²) in [5, 5.41) is 0. The van der Waals surface area contributed by atoms with Crippen LogP contribution in [0.5, 0.6) is 0 Å². The number of unbranched alkanes of at least 4 members (excludes halogenated alkanes) is 1. The quantitative estimate of drug-likeness (QED) is 0.747.